The highest BCUT2D eigenvalue weighted by molar-refractivity contribution is 5.90. The smallest absolute Gasteiger partial charge is 0.0146 e. The minimum absolute atomic E-state index is 1.19. The van der Waals surface area contributed by atoms with Crippen molar-refractivity contribution in [2.45, 2.75) is 92.9 Å². The maximum Gasteiger partial charge on any atom is -0.0146 e. The Kier molecular flexibility index (Phi) is 9.03. The van der Waals surface area contributed by atoms with Gasteiger partial charge in [0, 0.05) is 0 Å². The average molecular weight is 377 g/mol. The Balaban J connectivity index is 2.15. The number of fused-ring (bicyclic) bond motifs is 1. The zero-order valence-corrected chi connectivity index (χ0v) is 19.1. The first-order valence-corrected chi connectivity index (χ1v) is 11.2. The fourth-order valence-electron chi connectivity index (χ4n) is 4.05. The molecular formula is C28H40. The molecule has 0 amide bonds. The second kappa shape index (κ2) is 11.2. The van der Waals surface area contributed by atoms with Crippen molar-refractivity contribution in [1.82, 2.24) is 0 Å². The van der Waals surface area contributed by atoms with E-state index in [9.17, 15) is 0 Å². The van der Waals surface area contributed by atoms with Gasteiger partial charge in [-0.25, -0.2) is 0 Å². The first-order chi connectivity index (χ1) is 13.4. The molecule has 0 saturated carbocycles. The molecule has 152 valence electrons. The summed E-state index contributed by atoms with van der Waals surface area (Å²) in [5.74, 6) is 0. The summed E-state index contributed by atoms with van der Waals surface area (Å²) in [5.41, 5.74) is 8.77. The SMILES string of the molecule is CC(C)=CCCCCc1cc(C)cc2c(CCCCC=C(C)C)cc(C)cc12. The van der Waals surface area contributed by atoms with E-state index in [4.69, 9.17) is 0 Å². The molecule has 0 radical (unpaired) electrons. The normalized spacial score (nSPS) is 10.9. The number of rotatable bonds is 10. The van der Waals surface area contributed by atoms with E-state index in [1.165, 1.54) is 84.4 Å². The molecule has 0 aromatic heterocycles. The van der Waals surface area contributed by atoms with Gasteiger partial charge in [0.15, 0.2) is 0 Å². The molecular weight excluding hydrogens is 336 g/mol. The second-order valence-electron chi connectivity index (χ2n) is 9.00. The highest BCUT2D eigenvalue weighted by Gasteiger charge is 2.08. The molecule has 0 heteroatoms. The van der Waals surface area contributed by atoms with E-state index in [1.807, 2.05) is 0 Å². The minimum Gasteiger partial charge on any atom is -0.0859 e. The first kappa shape index (κ1) is 22.5. The van der Waals surface area contributed by atoms with Gasteiger partial charge in [-0.1, -0.05) is 58.7 Å². The number of aryl methyl sites for hydroxylation is 4. The van der Waals surface area contributed by atoms with Crippen molar-refractivity contribution in [2.75, 3.05) is 0 Å². The molecule has 0 fully saturated rings. The topological polar surface area (TPSA) is 0 Å². The van der Waals surface area contributed by atoms with Gasteiger partial charge in [0.25, 0.3) is 0 Å². The van der Waals surface area contributed by atoms with Gasteiger partial charge in [-0.2, -0.15) is 0 Å². The molecule has 2 rings (SSSR count). The Morgan fingerprint density at radius 2 is 1.00 bits per heavy atom. The Morgan fingerprint density at radius 1 is 0.607 bits per heavy atom. The van der Waals surface area contributed by atoms with Gasteiger partial charge in [-0.15, -0.1) is 0 Å². The van der Waals surface area contributed by atoms with Gasteiger partial charge in [0.05, 0.1) is 0 Å². The largest absolute Gasteiger partial charge is 0.0859 e. The summed E-state index contributed by atoms with van der Waals surface area (Å²) in [6.07, 6.45) is 14.6. The molecule has 2 aromatic rings. The standard InChI is InChI=1S/C28H40/c1-21(2)13-9-7-11-15-25-17-23(5)20-28-26(18-24(6)19-27(25)28)16-12-8-10-14-22(3)4/h13-14,17-20H,7-12,15-16H2,1-6H3. The van der Waals surface area contributed by atoms with Crippen LogP contribution in [0.25, 0.3) is 10.8 Å². The lowest BCUT2D eigenvalue weighted by atomic mass is 9.91. The molecule has 0 N–H and O–H groups in total. The van der Waals surface area contributed by atoms with Crippen LogP contribution >= 0.6 is 0 Å². The molecule has 0 aliphatic rings. The predicted molar refractivity (Wildman–Crippen MR) is 127 cm³/mol. The zero-order valence-electron chi connectivity index (χ0n) is 19.1. The van der Waals surface area contributed by atoms with Gasteiger partial charge in [0.2, 0.25) is 0 Å². The van der Waals surface area contributed by atoms with Crippen molar-refractivity contribution in [1.29, 1.82) is 0 Å². The van der Waals surface area contributed by atoms with Crippen molar-refractivity contribution >= 4 is 10.8 Å². The lowest BCUT2D eigenvalue weighted by Gasteiger charge is -2.14. The van der Waals surface area contributed by atoms with Crippen LogP contribution in [0.1, 0.15) is 88.5 Å². The van der Waals surface area contributed by atoms with Gasteiger partial charge in [-0.05, 0) is 115 Å². The summed E-state index contributed by atoms with van der Waals surface area (Å²) in [6.45, 7) is 13.3. The van der Waals surface area contributed by atoms with E-state index < -0.39 is 0 Å². The molecule has 0 aliphatic carbocycles. The number of benzene rings is 2. The van der Waals surface area contributed by atoms with E-state index in [1.54, 1.807) is 11.1 Å². The zero-order chi connectivity index (χ0) is 20.5. The van der Waals surface area contributed by atoms with Crippen LogP contribution in [-0.4, -0.2) is 0 Å². The fourth-order valence-corrected chi connectivity index (χ4v) is 4.05. The molecule has 0 bridgehead atoms. The van der Waals surface area contributed by atoms with Crippen LogP contribution in [0.5, 0.6) is 0 Å². The lowest BCUT2D eigenvalue weighted by Crippen LogP contribution is -1.95. The van der Waals surface area contributed by atoms with Crippen LogP contribution in [0.2, 0.25) is 0 Å². The Labute approximate surface area is 173 Å². The molecule has 0 aliphatic heterocycles. The van der Waals surface area contributed by atoms with Gasteiger partial charge < -0.3 is 0 Å². The van der Waals surface area contributed by atoms with Crippen LogP contribution in [0.15, 0.2) is 47.6 Å². The summed E-state index contributed by atoms with van der Waals surface area (Å²) in [5, 5.41) is 2.99. The molecule has 0 unspecified atom stereocenters. The molecule has 0 saturated heterocycles. The molecule has 0 spiro atoms. The van der Waals surface area contributed by atoms with Crippen LogP contribution in [0.4, 0.5) is 0 Å². The number of allylic oxidation sites excluding steroid dienone is 4. The predicted octanol–water partition coefficient (Wildman–Crippen LogP) is 8.81. The molecule has 0 heterocycles. The highest BCUT2D eigenvalue weighted by atomic mass is 14.1. The summed E-state index contributed by atoms with van der Waals surface area (Å²) in [4.78, 5) is 0. The number of hydrogen-bond acceptors (Lipinski definition) is 0. The Bertz CT molecular complexity index is 753. The first-order valence-electron chi connectivity index (χ1n) is 11.2. The van der Waals surface area contributed by atoms with Crippen LogP contribution in [0.3, 0.4) is 0 Å². The summed E-state index contributed by atoms with van der Waals surface area (Å²) >= 11 is 0. The van der Waals surface area contributed by atoms with Crippen LogP contribution in [0, 0.1) is 13.8 Å². The molecule has 28 heavy (non-hydrogen) atoms. The van der Waals surface area contributed by atoms with E-state index in [0.29, 0.717) is 0 Å². The highest BCUT2D eigenvalue weighted by Crippen LogP contribution is 2.28. The van der Waals surface area contributed by atoms with Crippen molar-refractivity contribution in [2.24, 2.45) is 0 Å². The number of hydrogen-bond donors (Lipinski definition) is 0. The van der Waals surface area contributed by atoms with Gasteiger partial charge in [-0.3, -0.25) is 0 Å². The van der Waals surface area contributed by atoms with Crippen LogP contribution < -0.4 is 0 Å². The van der Waals surface area contributed by atoms with Crippen LogP contribution in [-0.2, 0) is 12.8 Å². The molecule has 0 nitrogen and oxygen atoms in total. The third-order valence-electron chi connectivity index (χ3n) is 5.44. The maximum atomic E-state index is 2.42. The number of unbranched alkanes of at least 4 members (excludes halogenated alkanes) is 4. The Hall–Kier alpha value is -1.82. The summed E-state index contributed by atoms with van der Waals surface area (Å²) in [6, 6.07) is 9.66. The third-order valence-corrected chi connectivity index (χ3v) is 5.44. The Morgan fingerprint density at radius 3 is 1.36 bits per heavy atom. The molecule has 2 aromatic carbocycles. The van der Waals surface area contributed by atoms with Crippen molar-refractivity contribution in [3.8, 4) is 0 Å². The van der Waals surface area contributed by atoms with Gasteiger partial charge in [0.1, 0.15) is 0 Å². The average Bonchev–Trinajstić information content (AvgIpc) is 2.61. The maximum absolute atomic E-state index is 2.42. The minimum atomic E-state index is 1.19. The summed E-state index contributed by atoms with van der Waals surface area (Å²) < 4.78 is 0. The fraction of sp³-hybridized carbons (Fsp3) is 0.500. The van der Waals surface area contributed by atoms with E-state index in [2.05, 4.69) is 78.0 Å². The van der Waals surface area contributed by atoms with E-state index >= 15 is 0 Å². The second-order valence-corrected chi connectivity index (χ2v) is 9.00. The monoisotopic (exact) mass is 376 g/mol. The lowest BCUT2D eigenvalue weighted by molar-refractivity contribution is 0.745. The van der Waals surface area contributed by atoms with Crippen molar-refractivity contribution in [3.05, 3.63) is 69.8 Å². The summed E-state index contributed by atoms with van der Waals surface area (Å²) in [7, 11) is 0. The van der Waals surface area contributed by atoms with Crippen molar-refractivity contribution < 1.29 is 0 Å². The van der Waals surface area contributed by atoms with E-state index in [0.717, 1.165) is 0 Å². The quantitative estimate of drug-likeness (QED) is 0.287. The van der Waals surface area contributed by atoms with E-state index in [-0.39, 0.29) is 0 Å². The molecule has 0 atom stereocenters. The third kappa shape index (κ3) is 7.30. The van der Waals surface area contributed by atoms with Crippen molar-refractivity contribution in [3.63, 3.8) is 0 Å². The van der Waals surface area contributed by atoms with Gasteiger partial charge >= 0.3 is 0 Å².